The van der Waals surface area contributed by atoms with Crippen LogP contribution in [-0.2, 0) is 17.9 Å². The van der Waals surface area contributed by atoms with Gasteiger partial charge in [-0.3, -0.25) is 13.9 Å². The van der Waals surface area contributed by atoms with Gasteiger partial charge in [-0.05, 0) is 37.3 Å². The number of rotatable bonds is 5. The van der Waals surface area contributed by atoms with E-state index in [1.54, 1.807) is 22.8 Å². The molecule has 0 aliphatic rings. The Morgan fingerprint density at radius 3 is 2.59 bits per heavy atom. The number of carbonyl (C=O) groups excluding carboxylic acids is 1. The maximum atomic E-state index is 12.6. The Balaban J connectivity index is 1.59. The molecule has 0 spiro atoms. The molecule has 4 aromatic rings. The highest BCUT2D eigenvalue weighted by atomic mass is 16.4. The quantitative estimate of drug-likeness (QED) is 0.588. The summed E-state index contributed by atoms with van der Waals surface area (Å²) in [7, 11) is 0. The molecule has 2 aromatic heterocycles. The maximum Gasteiger partial charge on any atom is 0.329 e. The third kappa shape index (κ3) is 3.12. The van der Waals surface area contributed by atoms with Crippen LogP contribution in [0.25, 0.3) is 22.5 Å². The standard InChI is InChI=1S/C19H17N5O3/c1-2-23-15-8-3-4-9-16(15)24(19(23)26)11-17(25)21-14-7-5-6-13(10-14)18-22-20-12-27-18/h3-10,12H,2,11H2,1H3,(H,21,25). The number of nitrogens with one attached hydrogen (secondary N) is 1. The molecule has 0 unspecified atom stereocenters. The van der Waals surface area contributed by atoms with E-state index in [2.05, 4.69) is 15.5 Å². The first-order chi connectivity index (χ1) is 13.2. The van der Waals surface area contributed by atoms with Gasteiger partial charge >= 0.3 is 5.69 Å². The van der Waals surface area contributed by atoms with Crippen LogP contribution in [0.4, 0.5) is 5.69 Å². The summed E-state index contributed by atoms with van der Waals surface area (Å²) in [6, 6.07) is 14.5. The van der Waals surface area contributed by atoms with Gasteiger partial charge in [-0.25, -0.2) is 4.79 Å². The van der Waals surface area contributed by atoms with Crippen LogP contribution in [0, 0.1) is 0 Å². The van der Waals surface area contributed by atoms with Gasteiger partial charge in [0.25, 0.3) is 0 Å². The minimum Gasteiger partial charge on any atom is -0.423 e. The minimum absolute atomic E-state index is 0.0723. The molecule has 136 valence electrons. The van der Waals surface area contributed by atoms with Crippen LogP contribution in [0.2, 0.25) is 0 Å². The number of imidazole rings is 1. The lowest BCUT2D eigenvalue weighted by Gasteiger charge is -2.07. The van der Waals surface area contributed by atoms with Crippen molar-refractivity contribution < 1.29 is 9.21 Å². The fraction of sp³-hybridized carbons (Fsp3) is 0.158. The lowest BCUT2D eigenvalue weighted by molar-refractivity contribution is -0.116. The van der Waals surface area contributed by atoms with Crippen molar-refractivity contribution in [3.05, 3.63) is 65.4 Å². The first-order valence-electron chi connectivity index (χ1n) is 8.52. The summed E-state index contributed by atoms with van der Waals surface area (Å²) in [5, 5.41) is 10.3. The molecule has 0 aliphatic carbocycles. The first-order valence-corrected chi connectivity index (χ1v) is 8.52. The van der Waals surface area contributed by atoms with Crippen LogP contribution < -0.4 is 11.0 Å². The number of fused-ring (bicyclic) bond motifs is 1. The number of carbonyl (C=O) groups is 1. The van der Waals surface area contributed by atoms with Crippen molar-refractivity contribution in [1.29, 1.82) is 0 Å². The van der Waals surface area contributed by atoms with Gasteiger partial charge < -0.3 is 9.73 Å². The number of amides is 1. The molecule has 0 fully saturated rings. The normalized spacial score (nSPS) is 11.0. The number of aromatic nitrogens is 4. The number of hydrogen-bond acceptors (Lipinski definition) is 5. The molecular formula is C19H17N5O3. The van der Waals surface area contributed by atoms with E-state index in [1.807, 2.05) is 37.3 Å². The van der Waals surface area contributed by atoms with Gasteiger partial charge in [-0.1, -0.05) is 18.2 Å². The van der Waals surface area contributed by atoms with Crippen molar-refractivity contribution in [3.63, 3.8) is 0 Å². The lowest BCUT2D eigenvalue weighted by Crippen LogP contribution is -2.29. The summed E-state index contributed by atoms with van der Waals surface area (Å²) < 4.78 is 8.30. The average Bonchev–Trinajstić information content (AvgIpc) is 3.30. The van der Waals surface area contributed by atoms with Crippen LogP contribution in [-0.4, -0.2) is 25.2 Å². The van der Waals surface area contributed by atoms with Crippen molar-refractivity contribution in [2.45, 2.75) is 20.0 Å². The smallest absolute Gasteiger partial charge is 0.329 e. The van der Waals surface area contributed by atoms with Crippen LogP contribution in [0.1, 0.15) is 6.92 Å². The van der Waals surface area contributed by atoms with E-state index in [-0.39, 0.29) is 18.1 Å². The minimum atomic E-state index is -0.293. The summed E-state index contributed by atoms with van der Waals surface area (Å²) in [4.78, 5) is 25.2. The molecule has 27 heavy (non-hydrogen) atoms. The van der Waals surface area contributed by atoms with E-state index < -0.39 is 0 Å². The van der Waals surface area contributed by atoms with Gasteiger partial charge in [0.05, 0.1) is 11.0 Å². The second-order valence-corrected chi connectivity index (χ2v) is 5.97. The van der Waals surface area contributed by atoms with Gasteiger partial charge in [0.2, 0.25) is 18.2 Å². The molecule has 4 rings (SSSR count). The molecule has 0 radical (unpaired) electrons. The predicted octanol–water partition coefficient (Wildman–Crippen LogP) is 2.51. The van der Waals surface area contributed by atoms with Crippen molar-refractivity contribution in [2.24, 2.45) is 0 Å². The molecule has 8 heteroatoms. The SMILES string of the molecule is CCn1c(=O)n(CC(=O)Nc2cccc(-c3nnco3)c2)c2ccccc21. The van der Waals surface area contributed by atoms with Crippen molar-refractivity contribution in [2.75, 3.05) is 5.32 Å². The lowest BCUT2D eigenvalue weighted by atomic mass is 10.2. The zero-order chi connectivity index (χ0) is 18.8. The largest absolute Gasteiger partial charge is 0.423 e. The van der Waals surface area contributed by atoms with Crippen LogP contribution in [0.3, 0.4) is 0 Å². The third-order valence-corrected chi connectivity index (χ3v) is 4.30. The van der Waals surface area contributed by atoms with Gasteiger partial charge in [0, 0.05) is 17.8 Å². The molecule has 8 nitrogen and oxygen atoms in total. The van der Waals surface area contributed by atoms with Gasteiger partial charge in [0.1, 0.15) is 6.54 Å². The van der Waals surface area contributed by atoms with E-state index in [4.69, 9.17) is 4.42 Å². The molecule has 0 bridgehead atoms. The number of nitrogens with zero attached hydrogens (tertiary/aromatic N) is 4. The Morgan fingerprint density at radius 1 is 1.11 bits per heavy atom. The molecule has 0 saturated heterocycles. The monoisotopic (exact) mass is 363 g/mol. The predicted molar refractivity (Wildman–Crippen MR) is 100 cm³/mol. The van der Waals surface area contributed by atoms with Crippen molar-refractivity contribution in [1.82, 2.24) is 19.3 Å². The fourth-order valence-electron chi connectivity index (χ4n) is 3.10. The second-order valence-electron chi connectivity index (χ2n) is 5.97. The first kappa shape index (κ1) is 16.8. The summed E-state index contributed by atoms with van der Waals surface area (Å²) in [6.07, 6.45) is 1.25. The number of benzene rings is 2. The second kappa shape index (κ2) is 6.91. The Kier molecular flexibility index (Phi) is 4.29. The number of anilines is 1. The summed E-state index contributed by atoms with van der Waals surface area (Å²) in [6.45, 7) is 2.37. The Morgan fingerprint density at radius 2 is 1.89 bits per heavy atom. The molecule has 2 aromatic carbocycles. The van der Waals surface area contributed by atoms with Crippen LogP contribution in [0.5, 0.6) is 0 Å². The molecule has 0 atom stereocenters. The van der Waals surface area contributed by atoms with Gasteiger partial charge in [-0.2, -0.15) is 0 Å². The fourth-order valence-corrected chi connectivity index (χ4v) is 3.10. The van der Waals surface area contributed by atoms with E-state index in [9.17, 15) is 9.59 Å². The molecule has 0 aliphatic heterocycles. The molecular weight excluding hydrogens is 346 g/mol. The maximum absolute atomic E-state index is 12.6. The molecule has 0 saturated carbocycles. The zero-order valence-electron chi connectivity index (χ0n) is 14.6. The van der Waals surface area contributed by atoms with E-state index in [1.165, 1.54) is 11.0 Å². The highest BCUT2D eigenvalue weighted by molar-refractivity contribution is 5.92. The molecule has 1 N–H and O–H groups in total. The molecule has 1 amide bonds. The van der Waals surface area contributed by atoms with Crippen LogP contribution in [0.15, 0.2) is 64.1 Å². The Labute approximate surface area is 154 Å². The topological polar surface area (TPSA) is 95.0 Å². The Hall–Kier alpha value is -3.68. The number of aryl methyl sites for hydroxylation is 1. The molecule has 2 heterocycles. The van der Waals surface area contributed by atoms with Crippen LogP contribution >= 0.6 is 0 Å². The summed E-state index contributed by atoms with van der Waals surface area (Å²) in [5.74, 6) is 0.0760. The van der Waals surface area contributed by atoms with Crippen molar-refractivity contribution >= 4 is 22.6 Å². The summed E-state index contributed by atoms with van der Waals surface area (Å²) in [5.41, 5.74) is 2.64. The van der Waals surface area contributed by atoms with E-state index in [0.717, 1.165) is 11.0 Å². The number of hydrogen-bond donors (Lipinski definition) is 1. The van der Waals surface area contributed by atoms with Gasteiger partial charge in [0.15, 0.2) is 0 Å². The average molecular weight is 363 g/mol. The highest BCUT2D eigenvalue weighted by Gasteiger charge is 2.15. The zero-order valence-corrected chi connectivity index (χ0v) is 14.6. The third-order valence-electron chi connectivity index (χ3n) is 4.30. The summed E-state index contributed by atoms with van der Waals surface area (Å²) >= 11 is 0. The van der Waals surface area contributed by atoms with E-state index in [0.29, 0.717) is 23.7 Å². The van der Waals surface area contributed by atoms with Gasteiger partial charge in [-0.15, -0.1) is 10.2 Å². The van der Waals surface area contributed by atoms with Crippen molar-refractivity contribution in [3.8, 4) is 11.5 Å². The Bertz CT molecular complexity index is 1160. The highest BCUT2D eigenvalue weighted by Crippen LogP contribution is 2.20. The number of para-hydroxylation sites is 2. The van der Waals surface area contributed by atoms with E-state index >= 15 is 0 Å².